The van der Waals surface area contributed by atoms with E-state index in [2.05, 4.69) is 25.0 Å². The SMILES string of the molecule is CC[N+](CC)(CC)CCO.COS(=O)(=O)[O-]. The molecule has 0 aliphatic heterocycles. The highest BCUT2D eigenvalue weighted by atomic mass is 32.3. The van der Waals surface area contributed by atoms with E-state index in [9.17, 15) is 13.0 Å². The van der Waals surface area contributed by atoms with Crippen LogP contribution in [0.25, 0.3) is 0 Å². The van der Waals surface area contributed by atoms with Crippen LogP contribution in [-0.4, -0.2) is 62.5 Å². The zero-order valence-corrected chi connectivity index (χ0v) is 11.3. The Labute approximate surface area is 98.4 Å². The third-order valence-corrected chi connectivity index (χ3v) is 3.20. The number of hydrogen-bond acceptors (Lipinski definition) is 5. The standard InChI is InChI=1S/C8H20NO.CH4O4S/c1-4-9(5-2,6-3)7-8-10;1-5-6(2,3)4/h10H,4-8H2,1-3H3;1H3,(H,2,3,4)/q+1;/p-1. The number of likely N-dealkylation sites (N-methyl/N-ethyl adjacent to an activating group) is 1. The normalized spacial score (nSPS) is 11.9. The second-order valence-corrected chi connectivity index (χ2v) is 4.46. The molecule has 0 aromatic carbocycles. The second kappa shape index (κ2) is 8.89. The van der Waals surface area contributed by atoms with Gasteiger partial charge in [0.15, 0.2) is 0 Å². The van der Waals surface area contributed by atoms with Crippen LogP contribution in [0.5, 0.6) is 0 Å². The summed E-state index contributed by atoms with van der Waals surface area (Å²) in [7, 11) is -3.60. The molecule has 0 bridgehead atoms. The van der Waals surface area contributed by atoms with E-state index < -0.39 is 10.4 Å². The highest BCUT2D eigenvalue weighted by molar-refractivity contribution is 7.80. The predicted molar refractivity (Wildman–Crippen MR) is 60.5 cm³/mol. The summed E-state index contributed by atoms with van der Waals surface area (Å²) in [6.45, 7) is 11.2. The molecule has 6 nitrogen and oxygen atoms in total. The van der Waals surface area contributed by atoms with Gasteiger partial charge in [-0.25, -0.2) is 8.42 Å². The molecule has 0 heterocycles. The Morgan fingerprint density at radius 3 is 1.56 bits per heavy atom. The molecule has 0 atom stereocenters. The van der Waals surface area contributed by atoms with E-state index in [1.54, 1.807) is 0 Å². The van der Waals surface area contributed by atoms with Gasteiger partial charge in [-0.05, 0) is 20.8 Å². The van der Waals surface area contributed by atoms with Crippen LogP contribution in [0, 0.1) is 0 Å². The van der Waals surface area contributed by atoms with Crippen LogP contribution >= 0.6 is 0 Å². The first-order chi connectivity index (χ1) is 7.30. The van der Waals surface area contributed by atoms with Gasteiger partial charge in [-0.1, -0.05) is 0 Å². The molecule has 0 rings (SSSR count). The van der Waals surface area contributed by atoms with E-state index in [1.165, 1.54) is 0 Å². The van der Waals surface area contributed by atoms with Crippen molar-refractivity contribution >= 4 is 10.4 Å². The highest BCUT2D eigenvalue weighted by Gasteiger charge is 2.18. The van der Waals surface area contributed by atoms with Crippen molar-refractivity contribution < 1.29 is 26.7 Å². The molecule has 0 spiro atoms. The van der Waals surface area contributed by atoms with Gasteiger partial charge in [0.1, 0.15) is 6.54 Å². The van der Waals surface area contributed by atoms with E-state index in [4.69, 9.17) is 5.11 Å². The molecule has 0 amide bonds. The lowest BCUT2D eigenvalue weighted by Gasteiger charge is -2.34. The quantitative estimate of drug-likeness (QED) is 0.409. The summed E-state index contributed by atoms with van der Waals surface area (Å²) in [4.78, 5) is 0. The maximum Gasteiger partial charge on any atom is 0.217 e. The van der Waals surface area contributed by atoms with Crippen molar-refractivity contribution in [2.45, 2.75) is 20.8 Å². The zero-order valence-electron chi connectivity index (χ0n) is 10.5. The summed E-state index contributed by atoms with van der Waals surface area (Å²) in [5.74, 6) is 0. The fraction of sp³-hybridized carbons (Fsp3) is 1.00. The van der Waals surface area contributed by atoms with Crippen LogP contribution in [0.3, 0.4) is 0 Å². The Kier molecular flexibility index (Phi) is 10.1. The van der Waals surface area contributed by atoms with Crippen molar-refractivity contribution in [2.75, 3.05) is 39.9 Å². The average Bonchev–Trinajstić information content (AvgIpc) is 2.26. The number of quaternary nitrogens is 1. The minimum Gasteiger partial charge on any atom is -0.726 e. The molecular weight excluding hydrogens is 234 g/mol. The topological polar surface area (TPSA) is 86.7 Å². The second-order valence-electron chi connectivity index (χ2n) is 3.31. The lowest BCUT2D eigenvalue weighted by atomic mass is 10.3. The van der Waals surface area contributed by atoms with Crippen LogP contribution in [0.15, 0.2) is 0 Å². The third kappa shape index (κ3) is 9.05. The number of aliphatic hydroxyl groups is 1. The predicted octanol–water partition coefficient (Wildman–Crippen LogP) is -0.0518. The van der Waals surface area contributed by atoms with E-state index in [-0.39, 0.29) is 0 Å². The molecule has 0 unspecified atom stereocenters. The maximum absolute atomic E-state index is 9.22. The van der Waals surface area contributed by atoms with E-state index in [1.807, 2.05) is 0 Å². The number of aliphatic hydroxyl groups excluding tert-OH is 1. The van der Waals surface area contributed by atoms with Crippen molar-refractivity contribution in [3.8, 4) is 0 Å². The summed E-state index contributed by atoms with van der Waals surface area (Å²) < 4.78 is 32.1. The molecule has 0 aromatic heterocycles. The summed E-state index contributed by atoms with van der Waals surface area (Å²) >= 11 is 0. The molecule has 0 aliphatic carbocycles. The molecule has 0 fully saturated rings. The Hall–Kier alpha value is -0.210. The highest BCUT2D eigenvalue weighted by Crippen LogP contribution is 2.03. The monoisotopic (exact) mass is 257 g/mol. The van der Waals surface area contributed by atoms with Gasteiger partial charge in [-0.2, -0.15) is 0 Å². The van der Waals surface area contributed by atoms with Crippen LogP contribution in [-0.2, 0) is 14.6 Å². The number of nitrogens with zero attached hydrogens (tertiary/aromatic N) is 1. The molecule has 1 N–H and O–H groups in total. The lowest BCUT2D eigenvalue weighted by molar-refractivity contribution is -0.923. The van der Waals surface area contributed by atoms with Gasteiger partial charge < -0.3 is 14.1 Å². The largest absolute Gasteiger partial charge is 0.726 e. The lowest BCUT2D eigenvalue weighted by Crippen LogP contribution is -2.49. The molecule has 7 heteroatoms. The van der Waals surface area contributed by atoms with Gasteiger partial charge in [0.2, 0.25) is 10.4 Å². The van der Waals surface area contributed by atoms with Crippen molar-refractivity contribution in [1.29, 1.82) is 0 Å². The summed E-state index contributed by atoms with van der Waals surface area (Å²) in [5, 5.41) is 8.78. The fourth-order valence-corrected chi connectivity index (χ4v) is 1.36. The number of rotatable bonds is 6. The summed E-state index contributed by atoms with van der Waals surface area (Å²) in [5.41, 5.74) is 0. The zero-order chi connectivity index (χ0) is 13.2. The summed E-state index contributed by atoms with van der Waals surface area (Å²) in [6, 6.07) is 0. The molecule has 0 saturated heterocycles. The fourth-order valence-electron chi connectivity index (χ4n) is 1.36. The van der Waals surface area contributed by atoms with Crippen LogP contribution in [0.2, 0.25) is 0 Å². The van der Waals surface area contributed by atoms with Crippen molar-refractivity contribution in [2.24, 2.45) is 0 Å². The van der Waals surface area contributed by atoms with Gasteiger partial charge in [-0.3, -0.25) is 4.18 Å². The van der Waals surface area contributed by atoms with E-state index >= 15 is 0 Å². The van der Waals surface area contributed by atoms with Crippen molar-refractivity contribution in [1.82, 2.24) is 0 Å². The van der Waals surface area contributed by atoms with E-state index in [0.717, 1.165) is 37.8 Å². The molecule has 16 heavy (non-hydrogen) atoms. The minimum atomic E-state index is -4.41. The molecule has 0 aromatic rings. The molecule has 0 radical (unpaired) electrons. The first kappa shape index (κ1) is 18.2. The number of hydrogen-bond donors (Lipinski definition) is 1. The average molecular weight is 257 g/mol. The molecule has 0 aliphatic rings. The Bertz CT molecular complexity index is 240. The van der Waals surface area contributed by atoms with Crippen LogP contribution in [0.4, 0.5) is 0 Å². The van der Waals surface area contributed by atoms with Crippen LogP contribution < -0.4 is 0 Å². The Morgan fingerprint density at radius 2 is 1.50 bits per heavy atom. The minimum absolute atomic E-state index is 0.315. The third-order valence-electron chi connectivity index (χ3n) is 2.79. The van der Waals surface area contributed by atoms with Gasteiger partial charge in [0.05, 0.1) is 33.4 Å². The smallest absolute Gasteiger partial charge is 0.217 e. The molecule has 0 saturated carbocycles. The van der Waals surface area contributed by atoms with Crippen molar-refractivity contribution in [3.63, 3.8) is 0 Å². The van der Waals surface area contributed by atoms with Crippen molar-refractivity contribution in [3.05, 3.63) is 0 Å². The van der Waals surface area contributed by atoms with Gasteiger partial charge >= 0.3 is 0 Å². The maximum atomic E-state index is 9.22. The summed E-state index contributed by atoms with van der Waals surface area (Å²) in [6.07, 6.45) is 0. The van der Waals surface area contributed by atoms with Crippen LogP contribution in [0.1, 0.15) is 20.8 Å². The Balaban J connectivity index is 0. The first-order valence-corrected chi connectivity index (χ1v) is 6.61. The molecule has 100 valence electrons. The van der Waals surface area contributed by atoms with E-state index in [0.29, 0.717) is 6.61 Å². The van der Waals surface area contributed by atoms with Gasteiger partial charge in [-0.15, -0.1) is 0 Å². The first-order valence-electron chi connectivity index (χ1n) is 5.28. The van der Waals surface area contributed by atoms with Gasteiger partial charge in [0.25, 0.3) is 0 Å². The Morgan fingerprint density at radius 1 is 1.19 bits per heavy atom. The molecular formula is C9H23NO5S. The van der Waals surface area contributed by atoms with Gasteiger partial charge in [0, 0.05) is 0 Å².